The van der Waals surface area contributed by atoms with Gasteiger partial charge >= 0.3 is 0 Å². The molecule has 0 aliphatic carbocycles. The van der Waals surface area contributed by atoms with E-state index in [1.54, 1.807) is 12.1 Å². The van der Waals surface area contributed by atoms with Crippen LogP contribution in [0.15, 0.2) is 48.5 Å². The molecule has 0 heterocycles. The Balaban J connectivity index is 2.13. The molecule has 27 heavy (non-hydrogen) atoms. The van der Waals surface area contributed by atoms with Gasteiger partial charge in [-0.25, -0.2) is 0 Å². The van der Waals surface area contributed by atoms with E-state index < -0.39 is 0 Å². The SMILES string of the molecule is Cc1cc(C(Cc2ccc(O)cc2)c2cc(C)c(O)c(C)c2)cc(C)c1O. The Morgan fingerprint density at radius 2 is 1.00 bits per heavy atom. The van der Waals surface area contributed by atoms with Crippen molar-refractivity contribution < 1.29 is 15.3 Å². The summed E-state index contributed by atoms with van der Waals surface area (Å²) in [5.74, 6) is 0.994. The van der Waals surface area contributed by atoms with E-state index >= 15 is 0 Å². The summed E-state index contributed by atoms with van der Waals surface area (Å²) in [4.78, 5) is 0. The maximum absolute atomic E-state index is 10.2. The summed E-state index contributed by atoms with van der Waals surface area (Å²) < 4.78 is 0. The van der Waals surface area contributed by atoms with Crippen LogP contribution >= 0.6 is 0 Å². The third kappa shape index (κ3) is 3.92. The van der Waals surface area contributed by atoms with Crippen LogP contribution in [-0.4, -0.2) is 15.3 Å². The van der Waals surface area contributed by atoms with Crippen LogP contribution < -0.4 is 0 Å². The highest BCUT2D eigenvalue weighted by Crippen LogP contribution is 2.36. The summed E-state index contributed by atoms with van der Waals surface area (Å²) in [5, 5.41) is 29.9. The van der Waals surface area contributed by atoms with E-state index in [9.17, 15) is 15.3 Å². The number of hydrogen-bond acceptors (Lipinski definition) is 3. The molecule has 0 aliphatic heterocycles. The highest BCUT2D eigenvalue weighted by molar-refractivity contribution is 5.49. The molecule has 0 radical (unpaired) electrons. The number of rotatable bonds is 4. The number of aryl methyl sites for hydroxylation is 4. The van der Waals surface area contributed by atoms with Crippen LogP contribution in [0.2, 0.25) is 0 Å². The van der Waals surface area contributed by atoms with Crippen molar-refractivity contribution in [1.29, 1.82) is 0 Å². The van der Waals surface area contributed by atoms with Gasteiger partial charge in [0.25, 0.3) is 0 Å². The average Bonchev–Trinajstić information content (AvgIpc) is 2.63. The van der Waals surface area contributed by atoms with Gasteiger partial charge in [-0.2, -0.15) is 0 Å². The Labute approximate surface area is 160 Å². The lowest BCUT2D eigenvalue weighted by molar-refractivity contribution is 0.466. The van der Waals surface area contributed by atoms with Crippen LogP contribution in [0.4, 0.5) is 0 Å². The molecule has 0 saturated heterocycles. The first-order valence-electron chi connectivity index (χ1n) is 9.14. The molecular formula is C24H26O3. The molecule has 0 unspecified atom stereocenters. The van der Waals surface area contributed by atoms with Crippen molar-refractivity contribution in [3.8, 4) is 17.2 Å². The van der Waals surface area contributed by atoms with E-state index in [-0.39, 0.29) is 11.7 Å². The van der Waals surface area contributed by atoms with E-state index in [4.69, 9.17) is 0 Å². The quantitative estimate of drug-likeness (QED) is 0.581. The van der Waals surface area contributed by atoms with Crippen molar-refractivity contribution in [3.05, 3.63) is 87.5 Å². The topological polar surface area (TPSA) is 60.7 Å². The molecule has 3 aromatic rings. The second-order valence-corrected chi connectivity index (χ2v) is 7.43. The lowest BCUT2D eigenvalue weighted by Crippen LogP contribution is -2.07. The Bertz CT molecular complexity index is 868. The third-order valence-electron chi connectivity index (χ3n) is 5.21. The Hall–Kier alpha value is -2.94. The molecular weight excluding hydrogens is 336 g/mol. The van der Waals surface area contributed by atoms with Crippen molar-refractivity contribution in [2.24, 2.45) is 0 Å². The fourth-order valence-corrected chi connectivity index (χ4v) is 3.68. The lowest BCUT2D eigenvalue weighted by atomic mass is 9.83. The van der Waals surface area contributed by atoms with Gasteiger partial charge in [0.05, 0.1) is 0 Å². The normalized spacial score (nSPS) is 11.1. The fourth-order valence-electron chi connectivity index (χ4n) is 3.68. The molecule has 0 aliphatic rings. The second-order valence-electron chi connectivity index (χ2n) is 7.43. The minimum absolute atomic E-state index is 0.0746. The van der Waals surface area contributed by atoms with E-state index in [1.165, 1.54) is 0 Å². The van der Waals surface area contributed by atoms with E-state index in [0.717, 1.165) is 45.4 Å². The molecule has 0 bridgehead atoms. The summed E-state index contributed by atoms with van der Waals surface area (Å²) in [5.41, 5.74) is 6.78. The molecule has 0 fully saturated rings. The Kier molecular flexibility index (Phi) is 5.13. The average molecular weight is 362 g/mol. The highest BCUT2D eigenvalue weighted by Gasteiger charge is 2.19. The highest BCUT2D eigenvalue weighted by atomic mass is 16.3. The van der Waals surface area contributed by atoms with Gasteiger partial charge in [0.2, 0.25) is 0 Å². The van der Waals surface area contributed by atoms with Gasteiger partial charge in [0.1, 0.15) is 17.2 Å². The molecule has 0 atom stereocenters. The molecule has 0 amide bonds. The first kappa shape index (κ1) is 18.8. The Morgan fingerprint density at radius 1 is 0.630 bits per heavy atom. The molecule has 0 saturated carbocycles. The monoisotopic (exact) mass is 362 g/mol. The van der Waals surface area contributed by atoms with Crippen molar-refractivity contribution in [2.75, 3.05) is 0 Å². The molecule has 3 aromatic carbocycles. The number of hydrogen-bond donors (Lipinski definition) is 3. The molecule has 3 N–H and O–H groups in total. The molecule has 3 rings (SSSR count). The van der Waals surface area contributed by atoms with Crippen LogP contribution in [-0.2, 0) is 6.42 Å². The van der Waals surface area contributed by atoms with Gasteiger partial charge in [-0.05, 0) is 85.2 Å². The first-order chi connectivity index (χ1) is 12.8. The zero-order chi connectivity index (χ0) is 19.7. The maximum Gasteiger partial charge on any atom is 0.121 e. The predicted molar refractivity (Wildman–Crippen MR) is 109 cm³/mol. The van der Waals surface area contributed by atoms with E-state index in [0.29, 0.717) is 11.5 Å². The molecule has 140 valence electrons. The molecule has 0 spiro atoms. The van der Waals surface area contributed by atoms with Gasteiger partial charge < -0.3 is 15.3 Å². The number of aromatic hydroxyl groups is 3. The zero-order valence-corrected chi connectivity index (χ0v) is 16.2. The van der Waals surface area contributed by atoms with Crippen molar-refractivity contribution in [1.82, 2.24) is 0 Å². The van der Waals surface area contributed by atoms with Gasteiger partial charge in [-0.15, -0.1) is 0 Å². The summed E-state index contributed by atoms with van der Waals surface area (Å²) >= 11 is 0. The van der Waals surface area contributed by atoms with Crippen molar-refractivity contribution in [3.63, 3.8) is 0 Å². The number of phenols is 3. The van der Waals surface area contributed by atoms with Crippen LogP contribution in [0.3, 0.4) is 0 Å². The maximum atomic E-state index is 10.2. The second kappa shape index (κ2) is 7.36. The predicted octanol–water partition coefficient (Wildman–Crippen LogP) is 5.41. The summed E-state index contributed by atoms with van der Waals surface area (Å²) in [6, 6.07) is 15.4. The van der Waals surface area contributed by atoms with Crippen molar-refractivity contribution in [2.45, 2.75) is 40.0 Å². The summed E-state index contributed by atoms with van der Waals surface area (Å²) in [7, 11) is 0. The minimum atomic E-state index is 0.0746. The van der Waals surface area contributed by atoms with Gasteiger partial charge in [-0.1, -0.05) is 36.4 Å². The van der Waals surface area contributed by atoms with E-state index in [2.05, 4.69) is 0 Å². The summed E-state index contributed by atoms with van der Waals surface area (Å²) in [6.45, 7) is 7.65. The first-order valence-corrected chi connectivity index (χ1v) is 9.14. The molecule has 0 aromatic heterocycles. The summed E-state index contributed by atoms with van der Waals surface area (Å²) in [6.07, 6.45) is 0.758. The standard InChI is InChI=1S/C24H26O3/c1-14-9-19(10-15(2)23(14)26)22(13-18-5-7-21(25)8-6-18)20-11-16(3)24(27)17(4)12-20/h5-12,22,25-27H,13H2,1-4H3. The van der Waals surface area contributed by atoms with Crippen LogP contribution in [0.5, 0.6) is 17.2 Å². The number of benzene rings is 3. The molecule has 3 heteroatoms. The lowest BCUT2D eigenvalue weighted by Gasteiger charge is -2.22. The van der Waals surface area contributed by atoms with Crippen molar-refractivity contribution >= 4 is 0 Å². The van der Waals surface area contributed by atoms with Gasteiger partial charge in [0.15, 0.2) is 0 Å². The smallest absolute Gasteiger partial charge is 0.121 e. The minimum Gasteiger partial charge on any atom is -0.508 e. The van der Waals surface area contributed by atoms with E-state index in [1.807, 2.05) is 64.1 Å². The van der Waals surface area contributed by atoms with Crippen LogP contribution in [0.25, 0.3) is 0 Å². The van der Waals surface area contributed by atoms with Crippen LogP contribution in [0, 0.1) is 27.7 Å². The van der Waals surface area contributed by atoms with Crippen LogP contribution in [0.1, 0.15) is 44.9 Å². The Morgan fingerprint density at radius 3 is 1.37 bits per heavy atom. The fraction of sp³-hybridized carbons (Fsp3) is 0.250. The van der Waals surface area contributed by atoms with Gasteiger partial charge in [-0.3, -0.25) is 0 Å². The number of phenolic OH excluding ortho intramolecular Hbond substituents is 3. The zero-order valence-electron chi connectivity index (χ0n) is 16.2. The largest absolute Gasteiger partial charge is 0.508 e. The molecule has 3 nitrogen and oxygen atoms in total. The van der Waals surface area contributed by atoms with Gasteiger partial charge in [0, 0.05) is 5.92 Å². The third-order valence-corrected chi connectivity index (χ3v) is 5.21.